The number of nitrogens with zero attached hydrogens (tertiary/aromatic N) is 2. The standard InChI is InChI=1S/C14H11BrN2O3/c15-14-7-2-1-5-12(14)9-16-20-10-11-4-3-6-13(8-11)17(18)19/h1-9H,10H2/b16-9-. The van der Waals surface area contributed by atoms with Crippen molar-refractivity contribution in [1.29, 1.82) is 0 Å². The molecule has 0 aliphatic heterocycles. The van der Waals surface area contributed by atoms with Gasteiger partial charge in [0.1, 0.15) is 6.61 Å². The predicted molar refractivity (Wildman–Crippen MR) is 79.6 cm³/mol. The van der Waals surface area contributed by atoms with Gasteiger partial charge in [-0.15, -0.1) is 0 Å². The number of nitro benzene ring substituents is 1. The summed E-state index contributed by atoms with van der Waals surface area (Å²) in [6.07, 6.45) is 1.58. The first-order valence-electron chi connectivity index (χ1n) is 5.80. The van der Waals surface area contributed by atoms with Crippen LogP contribution in [0.4, 0.5) is 5.69 Å². The van der Waals surface area contributed by atoms with Gasteiger partial charge in [0.2, 0.25) is 0 Å². The minimum Gasteiger partial charge on any atom is -0.391 e. The van der Waals surface area contributed by atoms with Crippen molar-refractivity contribution in [3.63, 3.8) is 0 Å². The number of oxime groups is 1. The van der Waals surface area contributed by atoms with Crippen molar-refractivity contribution in [3.8, 4) is 0 Å². The molecular formula is C14H11BrN2O3. The highest BCUT2D eigenvalue weighted by molar-refractivity contribution is 9.10. The van der Waals surface area contributed by atoms with Gasteiger partial charge in [0.15, 0.2) is 0 Å². The zero-order valence-electron chi connectivity index (χ0n) is 10.4. The Morgan fingerprint density at radius 2 is 2.05 bits per heavy atom. The van der Waals surface area contributed by atoms with Crippen LogP contribution in [0.25, 0.3) is 0 Å². The summed E-state index contributed by atoms with van der Waals surface area (Å²) in [6.45, 7) is 0.183. The normalized spacial score (nSPS) is 10.7. The Balaban J connectivity index is 1.95. The fraction of sp³-hybridized carbons (Fsp3) is 0.0714. The van der Waals surface area contributed by atoms with Gasteiger partial charge in [0, 0.05) is 22.2 Å². The molecule has 0 radical (unpaired) electrons. The summed E-state index contributed by atoms with van der Waals surface area (Å²) in [5.74, 6) is 0. The fourth-order valence-corrected chi connectivity index (χ4v) is 1.93. The molecule has 0 saturated carbocycles. The van der Waals surface area contributed by atoms with Crippen LogP contribution in [0.1, 0.15) is 11.1 Å². The maximum Gasteiger partial charge on any atom is 0.269 e. The number of nitro groups is 1. The van der Waals surface area contributed by atoms with Crippen LogP contribution >= 0.6 is 15.9 Å². The van der Waals surface area contributed by atoms with Crippen molar-refractivity contribution >= 4 is 27.8 Å². The van der Waals surface area contributed by atoms with Gasteiger partial charge < -0.3 is 4.84 Å². The van der Waals surface area contributed by atoms with Gasteiger partial charge in [-0.3, -0.25) is 10.1 Å². The number of rotatable bonds is 5. The monoisotopic (exact) mass is 334 g/mol. The summed E-state index contributed by atoms with van der Waals surface area (Å²) >= 11 is 3.40. The van der Waals surface area contributed by atoms with Crippen molar-refractivity contribution in [1.82, 2.24) is 0 Å². The molecule has 0 atom stereocenters. The SMILES string of the molecule is O=[N+]([O-])c1cccc(CO/N=C\c2ccccc2Br)c1. The van der Waals surface area contributed by atoms with Crippen molar-refractivity contribution in [2.24, 2.45) is 5.16 Å². The van der Waals surface area contributed by atoms with Gasteiger partial charge in [-0.25, -0.2) is 0 Å². The molecule has 2 aromatic rings. The molecule has 0 unspecified atom stereocenters. The van der Waals surface area contributed by atoms with E-state index in [1.165, 1.54) is 12.1 Å². The van der Waals surface area contributed by atoms with Gasteiger partial charge in [0.25, 0.3) is 5.69 Å². The highest BCUT2D eigenvalue weighted by Gasteiger charge is 2.05. The quantitative estimate of drug-likeness (QED) is 0.473. The predicted octanol–water partition coefficient (Wildman–Crippen LogP) is 3.91. The first kappa shape index (κ1) is 14.2. The van der Waals surface area contributed by atoms with E-state index in [9.17, 15) is 10.1 Å². The second kappa shape index (κ2) is 6.81. The van der Waals surface area contributed by atoms with E-state index in [1.807, 2.05) is 24.3 Å². The van der Waals surface area contributed by atoms with E-state index in [0.717, 1.165) is 10.0 Å². The summed E-state index contributed by atoms with van der Waals surface area (Å²) in [7, 11) is 0. The Kier molecular flexibility index (Phi) is 4.84. The van der Waals surface area contributed by atoms with Crippen molar-refractivity contribution < 1.29 is 9.76 Å². The third kappa shape index (κ3) is 3.89. The van der Waals surface area contributed by atoms with Gasteiger partial charge >= 0.3 is 0 Å². The van der Waals surface area contributed by atoms with E-state index in [4.69, 9.17) is 4.84 Å². The average molecular weight is 335 g/mol. The van der Waals surface area contributed by atoms with Crippen LogP contribution in [0.5, 0.6) is 0 Å². The molecule has 0 aliphatic rings. The molecule has 0 spiro atoms. The van der Waals surface area contributed by atoms with Crippen LogP contribution in [0.15, 0.2) is 58.2 Å². The number of non-ortho nitro benzene ring substituents is 1. The Morgan fingerprint density at radius 1 is 1.25 bits per heavy atom. The molecule has 2 aromatic carbocycles. The molecule has 0 heterocycles. The second-order valence-corrected chi connectivity index (χ2v) is 4.81. The lowest BCUT2D eigenvalue weighted by Crippen LogP contribution is -1.92. The maximum absolute atomic E-state index is 10.6. The Labute approximate surface area is 124 Å². The summed E-state index contributed by atoms with van der Waals surface area (Å²) in [5.41, 5.74) is 1.64. The molecule has 0 aromatic heterocycles. The number of hydrogen-bond acceptors (Lipinski definition) is 4. The van der Waals surface area contributed by atoms with Gasteiger partial charge in [-0.05, 0) is 11.6 Å². The van der Waals surface area contributed by atoms with Crippen LogP contribution in [0.2, 0.25) is 0 Å². The molecule has 0 amide bonds. The molecule has 0 bridgehead atoms. The Hall–Kier alpha value is -2.21. The fourth-order valence-electron chi connectivity index (χ4n) is 1.55. The van der Waals surface area contributed by atoms with Gasteiger partial charge in [-0.2, -0.15) is 0 Å². The van der Waals surface area contributed by atoms with E-state index in [1.54, 1.807) is 18.3 Å². The van der Waals surface area contributed by atoms with Crippen LogP contribution in [0, 0.1) is 10.1 Å². The van der Waals surface area contributed by atoms with Crippen LogP contribution < -0.4 is 0 Å². The molecular weight excluding hydrogens is 324 g/mol. The molecule has 102 valence electrons. The number of halogens is 1. The molecule has 0 saturated heterocycles. The minimum absolute atomic E-state index is 0.0425. The lowest BCUT2D eigenvalue weighted by molar-refractivity contribution is -0.384. The van der Waals surface area contributed by atoms with E-state index in [-0.39, 0.29) is 12.3 Å². The lowest BCUT2D eigenvalue weighted by Gasteiger charge is -2.00. The van der Waals surface area contributed by atoms with Crippen LogP contribution in [-0.2, 0) is 11.4 Å². The van der Waals surface area contributed by atoms with E-state index in [0.29, 0.717) is 5.56 Å². The summed E-state index contributed by atoms with van der Waals surface area (Å²) in [6, 6.07) is 13.9. The summed E-state index contributed by atoms with van der Waals surface area (Å²) in [5, 5.41) is 14.5. The van der Waals surface area contributed by atoms with Crippen molar-refractivity contribution in [2.45, 2.75) is 6.61 Å². The molecule has 5 nitrogen and oxygen atoms in total. The zero-order valence-corrected chi connectivity index (χ0v) is 12.0. The molecule has 0 aliphatic carbocycles. The smallest absolute Gasteiger partial charge is 0.269 e. The second-order valence-electron chi connectivity index (χ2n) is 3.96. The van der Waals surface area contributed by atoms with E-state index >= 15 is 0 Å². The average Bonchev–Trinajstić information content (AvgIpc) is 2.45. The number of hydrogen-bond donors (Lipinski definition) is 0. The van der Waals surface area contributed by atoms with Crippen molar-refractivity contribution in [2.75, 3.05) is 0 Å². The highest BCUT2D eigenvalue weighted by Crippen LogP contribution is 2.15. The van der Waals surface area contributed by atoms with E-state index in [2.05, 4.69) is 21.1 Å². The molecule has 6 heteroatoms. The molecule has 0 fully saturated rings. The molecule has 2 rings (SSSR count). The Bertz CT molecular complexity index is 644. The molecule has 20 heavy (non-hydrogen) atoms. The highest BCUT2D eigenvalue weighted by atomic mass is 79.9. The van der Waals surface area contributed by atoms with Crippen LogP contribution in [-0.4, -0.2) is 11.1 Å². The summed E-state index contributed by atoms with van der Waals surface area (Å²) in [4.78, 5) is 15.3. The maximum atomic E-state index is 10.6. The third-order valence-corrected chi connectivity index (χ3v) is 3.25. The topological polar surface area (TPSA) is 64.7 Å². The number of benzene rings is 2. The van der Waals surface area contributed by atoms with Gasteiger partial charge in [-0.1, -0.05) is 51.4 Å². The summed E-state index contributed by atoms with van der Waals surface area (Å²) < 4.78 is 0.919. The first-order valence-corrected chi connectivity index (χ1v) is 6.59. The van der Waals surface area contributed by atoms with Gasteiger partial charge in [0.05, 0.1) is 11.1 Å². The van der Waals surface area contributed by atoms with E-state index < -0.39 is 4.92 Å². The zero-order chi connectivity index (χ0) is 14.4. The Morgan fingerprint density at radius 3 is 2.80 bits per heavy atom. The van der Waals surface area contributed by atoms with Crippen LogP contribution in [0.3, 0.4) is 0 Å². The van der Waals surface area contributed by atoms with Crippen molar-refractivity contribution in [3.05, 3.63) is 74.2 Å². The first-order chi connectivity index (χ1) is 9.66. The minimum atomic E-state index is -0.437. The third-order valence-electron chi connectivity index (χ3n) is 2.52. The molecule has 0 N–H and O–H groups in total. The lowest BCUT2D eigenvalue weighted by atomic mass is 10.2. The largest absolute Gasteiger partial charge is 0.391 e.